The van der Waals surface area contributed by atoms with Gasteiger partial charge in [-0.1, -0.05) is 0 Å². The summed E-state index contributed by atoms with van der Waals surface area (Å²) in [6, 6.07) is 2.40. The summed E-state index contributed by atoms with van der Waals surface area (Å²) in [5.41, 5.74) is 0.955. The molecule has 0 radical (unpaired) electrons. The molecule has 102 valence electrons. The average Bonchev–Trinajstić information content (AvgIpc) is 2.99. The zero-order chi connectivity index (χ0) is 13.2. The first kappa shape index (κ1) is 12.3. The van der Waals surface area contributed by atoms with Crippen molar-refractivity contribution in [2.24, 2.45) is 0 Å². The largest absolute Gasteiger partial charge is 0.366 e. The van der Waals surface area contributed by atoms with Crippen molar-refractivity contribution in [3.63, 3.8) is 0 Å². The number of hydrogen-bond acceptors (Lipinski definition) is 5. The first-order valence-corrected chi connectivity index (χ1v) is 6.88. The Bertz CT molecular complexity index is 557. The van der Waals surface area contributed by atoms with E-state index >= 15 is 0 Å². The molecule has 2 aromatic heterocycles. The maximum atomic E-state index is 4.35. The van der Waals surface area contributed by atoms with Gasteiger partial charge in [0.1, 0.15) is 12.1 Å². The van der Waals surface area contributed by atoms with Gasteiger partial charge >= 0.3 is 0 Å². The molecule has 3 heterocycles. The van der Waals surface area contributed by atoms with Crippen molar-refractivity contribution < 1.29 is 0 Å². The molecule has 1 N–H and O–H groups in total. The Balaban J connectivity index is 1.74. The first-order valence-electron chi connectivity index (χ1n) is 6.88. The molecule has 1 atom stereocenters. The van der Waals surface area contributed by atoms with Gasteiger partial charge in [-0.15, -0.1) is 0 Å². The lowest BCUT2D eigenvalue weighted by molar-refractivity contribution is 0.327. The van der Waals surface area contributed by atoms with Gasteiger partial charge < -0.3 is 10.2 Å². The molecule has 3 rings (SSSR count). The van der Waals surface area contributed by atoms with Crippen LogP contribution in [-0.4, -0.2) is 50.2 Å². The fourth-order valence-electron chi connectivity index (χ4n) is 2.68. The average molecular weight is 260 g/mol. The third-order valence-electron chi connectivity index (χ3n) is 3.50. The lowest BCUT2D eigenvalue weighted by Crippen LogP contribution is -2.33. The van der Waals surface area contributed by atoms with Gasteiger partial charge in [-0.3, -0.25) is 0 Å². The predicted molar refractivity (Wildman–Crippen MR) is 74.3 cm³/mol. The second-order valence-corrected chi connectivity index (χ2v) is 5.31. The lowest BCUT2D eigenvalue weighted by atomic mass is 10.3. The number of likely N-dealkylation sites (tertiary alicyclic amines) is 1. The third-order valence-corrected chi connectivity index (χ3v) is 3.50. The van der Waals surface area contributed by atoms with E-state index < -0.39 is 0 Å². The van der Waals surface area contributed by atoms with Crippen molar-refractivity contribution >= 4 is 11.6 Å². The normalized spacial score (nSPS) is 18.0. The molecule has 0 aliphatic carbocycles. The molecule has 0 spiro atoms. The molecule has 0 saturated carbocycles. The Labute approximate surface area is 112 Å². The topological polar surface area (TPSA) is 58.4 Å². The Kier molecular flexibility index (Phi) is 3.33. The summed E-state index contributed by atoms with van der Waals surface area (Å²) in [6.07, 6.45) is 4.20. The fraction of sp³-hybridized carbons (Fsp3) is 0.615. The van der Waals surface area contributed by atoms with Crippen molar-refractivity contribution in [3.8, 4) is 0 Å². The first-order chi connectivity index (χ1) is 9.22. The van der Waals surface area contributed by atoms with Crippen molar-refractivity contribution in [2.45, 2.75) is 32.7 Å². The summed E-state index contributed by atoms with van der Waals surface area (Å²) in [5.74, 6) is 1.61. The van der Waals surface area contributed by atoms with Crippen LogP contribution in [0.5, 0.6) is 0 Å². The van der Waals surface area contributed by atoms with E-state index in [1.807, 2.05) is 13.0 Å². The number of nitrogens with zero attached hydrogens (tertiary/aromatic N) is 5. The van der Waals surface area contributed by atoms with Gasteiger partial charge in [-0.25, -0.2) is 4.98 Å². The van der Waals surface area contributed by atoms with E-state index in [0.717, 1.165) is 18.1 Å². The van der Waals surface area contributed by atoms with Crippen LogP contribution in [0.15, 0.2) is 12.4 Å². The Morgan fingerprint density at radius 1 is 1.37 bits per heavy atom. The summed E-state index contributed by atoms with van der Waals surface area (Å²) < 4.78 is 1.76. The highest BCUT2D eigenvalue weighted by Gasteiger charge is 2.15. The molecule has 0 amide bonds. The second-order valence-electron chi connectivity index (χ2n) is 5.31. The lowest BCUT2D eigenvalue weighted by Gasteiger charge is -2.22. The standard InChI is InChI=1S/C13H20N6/c1-10-7-12(19-13(17-10)14-9-15-19)16-11(2)8-18-5-3-4-6-18/h7,9,11,16H,3-6,8H2,1-2H3. The Hall–Kier alpha value is -1.69. The molecule has 2 aromatic rings. The predicted octanol–water partition coefficient (Wildman–Crippen LogP) is 1.33. The molecule has 19 heavy (non-hydrogen) atoms. The molecular formula is C13H20N6. The van der Waals surface area contributed by atoms with Crippen molar-refractivity contribution in [2.75, 3.05) is 25.0 Å². The summed E-state index contributed by atoms with van der Waals surface area (Å²) in [4.78, 5) is 11.0. The SMILES string of the molecule is Cc1cc(NC(C)CN2CCCC2)n2ncnc2n1. The van der Waals surface area contributed by atoms with E-state index in [9.17, 15) is 0 Å². The number of anilines is 1. The molecule has 1 saturated heterocycles. The zero-order valence-electron chi connectivity index (χ0n) is 11.5. The fourth-order valence-corrected chi connectivity index (χ4v) is 2.68. The van der Waals surface area contributed by atoms with Gasteiger partial charge in [0, 0.05) is 24.3 Å². The van der Waals surface area contributed by atoms with Gasteiger partial charge in [0.15, 0.2) is 0 Å². The van der Waals surface area contributed by atoms with Crippen LogP contribution in [0.2, 0.25) is 0 Å². The molecular weight excluding hydrogens is 240 g/mol. The van der Waals surface area contributed by atoms with Crippen LogP contribution in [0.4, 0.5) is 5.82 Å². The molecule has 1 unspecified atom stereocenters. The smallest absolute Gasteiger partial charge is 0.254 e. The van der Waals surface area contributed by atoms with Crippen LogP contribution in [0.25, 0.3) is 5.78 Å². The van der Waals surface area contributed by atoms with E-state index in [1.54, 1.807) is 4.52 Å². The van der Waals surface area contributed by atoms with Crippen LogP contribution >= 0.6 is 0 Å². The third kappa shape index (κ3) is 2.68. The van der Waals surface area contributed by atoms with E-state index in [-0.39, 0.29) is 0 Å². The Morgan fingerprint density at radius 2 is 2.16 bits per heavy atom. The Morgan fingerprint density at radius 3 is 2.95 bits per heavy atom. The number of rotatable bonds is 4. The number of aryl methyl sites for hydroxylation is 1. The van der Waals surface area contributed by atoms with Gasteiger partial charge in [-0.2, -0.15) is 14.6 Å². The van der Waals surface area contributed by atoms with Crippen LogP contribution < -0.4 is 5.32 Å². The molecule has 1 aliphatic heterocycles. The van der Waals surface area contributed by atoms with Gasteiger partial charge in [0.2, 0.25) is 0 Å². The van der Waals surface area contributed by atoms with Gasteiger partial charge in [0.25, 0.3) is 5.78 Å². The van der Waals surface area contributed by atoms with Gasteiger partial charge in [0.05, 0.1) is 0 Å². The number of nitrogens with one attached hydrogen (secondary N) is 1. The zero-order valence-corrected chi connectivity index (χ0v) is 11.5. The highest BCUT2D eigenvalue weighted by Crippen LogP contribution is 2.13. The van der Waals surface area contributed by atoms with Crippen LogP contribution in [0, 0.1) is 6.92 Å². The quantitative estimate of drug-likeness (QED) is 0.898. The minimum Gasteiger partial charge on any atom is -0.366 e. The second kappa shape index (κ2) is 5.13. The highest BCUT2D eigenvalue weighted by atomic mass is 15.4. The van der Waals surface area contributed by atoms with Crippen LogP contribution in [0.1, 0.15) is 25.5 Å². The monoisotopic (exact) mass is 260 g/mol. The maximum absolute atomic E-state index is 4.35. The van der Waals surface area contributed by atoms with Crippen molar-refractivity contribution in [1.29, 1.82) is 0 Å². The maximum Gasteiger partial charge on any atom is 0.254 e. The highest BCUT2D eigenvalue weighted by molar-refractivity contribution is 5.45. The number of fused-ring (bicyclic) bond motifs is 1. The summed E-state index contributed by atoms with van der Waals surface area (Å²) >= 11 is 0. The van der Waals surface area contributed by atoms with E-state index in [0.29, 0.717) is 11.8 Å². The molecule has 0 bridgehead atoms. The van der Waals surface area contributed by atoms with E-state index in [2.05, 4.69) is 32.2 Å². The minimum absolute atomic E-state index is 0.382. The molecule has 0 aromatic carbocycles. The summed E-state index contributed by atoms with van der Waals surface area (Å²) in [6.45, 7) is 7.69. The molecule has 6 heteroatoms. The molecule has 6 nitrogen and oxygen atoms in total. The van der Waals surface area contributed by atoms with Gasteiger partial charge in [-0.05, 0) is 39.8 Å². The number of hydrogen-bond donors (Lipinski definition) is 1. The van der Waals surface area contributed by atoms with Crippen LogP contribution in [0.3, 0.4) is 0 Å². The van der Waals surface area contributed by atoms with Crippen molar-refractivity contribution in [3.05, 3.63) is 18.1 Å². The number of aromatic nitrogens is 4. The minimum atomic E-state index is 0.382. The van der Waals surface area contributed by atoms with Crippen LogP contribution in [-0.2, 0) is 0 Å². The summed E-state index contributed by atoms with van der Waals surface area (Å²) in [7, 11) is 0. The van der Waals surface area contributed by atoms with E-state index in [4.69, 9.17) is 0 Å². The summed E-state index contributed by atoms with van der Waals surface area (Å²) in [5, 5.41) is 7.73. The molecule has 1 aliphatic rings. The van der Waals surface area contributed by atoms with Crippen molar-refractivity contribution in [1.82, 2.24) is 24.5 Å². The molecule has 1 fully saturated rings. The van der Waals surface area contributed by atoms with E-state index in [1.165, 1.54) is 32.3 Å².